The van der Waals surface area contributed by atoms with Gasteiger partial charge in [-0.15, -0.1) is 0 Å². The molecule has 1 unspecified atom stereocenters. The number of halogens is 1. The van der Waals surface area contributed by atoms with E-state index in [0.717, 1.165) is 5.69 Å². The monoisotopic (exact) mass is 257 g/mol. The fourth-order valence-corrected chi connectivity index (χ4v) is 1.33. The average molecular weight is 258 g/mol. The maximum absolute atomic E-state index is 9.71. The Kier molecular flexibility index (Phi) is 5.25. The van der Waals surface area contributed by atoms with E-state index in [9.17, 15) is 5.11 Å². The van der Waals surface area contributed by atoms with E-state index in [4.69, 9.17) is 16.3 Å². The van der Waals surface area contributed by atoms with Crippen molar-refractivity contribution in [1.82, 2.24) is 0 Å². The van der Waals surface area contributed by atoms with Gasteiger partial charge in [0.1, 0.15) is 0 Å². The Balaban J connectivity index is 2.28. The summed E-state index contributed by atoms with van der Waals surface area (Å²) in [5.41, 5.74) is 0.713. The fraction of sp³-hybridized carbons (Fsp3) is 0.538. The van der Waals surface area contributed by atoms with Crippen LogP contribution in [-0.4, -0.2) is 30.0 Å². The molecule has 1 aromatic rings. The number of aliphatic hydroxyl groups excluding tert-OH is 1. The smallest absolute Gasteiger partial charge is 0.0945 e. The summed E-state index contributed by atoms with van der Waals surface area (Å²) in [5.74, 6) is 0. The zero-order chi connectivity index (χ0) is 12.9. The largest absolute Gasteiger partial charge is 0.389 e. The Morgan fingerprint density at radius 2 is 1.88 bits per heavy atom. The predicted molar refractivity (Wildman–Crippen MR) is 71.7 cm³/mol. The molecule has 0 fully saturated rings. The molecule has 3 nitrogen and oxygen atoms in total. The van der Waals surface area contributed by atoms with Crippen molar-refractivity contribution in [3.05, 3.63) is 29.3 Å². The molecule has 2 N–H and O–H groups in total. The standard InChI is InChI=1S/C13H20ClNO2/c1-13(2,3)17-9-12(16)8-15-11-6-4-10(14)5-7-11/h4-7,12,15-16H,8-9H2,1-3H3. The summed E-state index contributed by atoms with van der Waals surface area (Å²) < 4.78 is 5.49. The molecular formula is C13H20ClNO2. The maximum atomic E-state index is 9.71. The van der Waals surface area contributed by atoms with Gasteiger partial charge in [0.25, 0.3) is 0 Å². The van der Waals surface area contributed by atoms with Crippen LogP contribution in [-0.2, 0) is 4.74 Å². The number of nitrogens with one attached hydrogen (secondary N) is 1. The second-order valence-corrected chi connectivity index (χ2v) is 5.40. The number of aliphatic hydroxyl groups is 1. The molecule has 0 amide bonds. The van der Waals surface area contributed by atoms with Gasteiger partial charge in [-0.1, -0.05) is 11.6 Å². The number of rotatable bonds is 5. The first-order chi connectivity index (χ1) is 7.87. The minimum absolute atomic E-state index is 0.221. The summed E-state index contributed by atoms with van der Waals surface area (Å²) in [6.45, 7) is 6.67. The molecule has 1 rings (SSSR count). The molecule has 0 aliphatic heterocycles. The molecule has 0 spiro atoms. The zero-order valence-corrected chi connectivity index (χ0v) is 11.3. The number of anilines is 1. The maximum Gasteiger partial charge on any atom is 0.0945 e. The van der Waals surface area contributed by atoms with E-state index in [1.807, 2.05) is 45.0 Å². The van der Waals surface area contributed by atoms with Gasteiger partial charge in [-0.2, -0.15) is 0 Å². The Labute approximate surface area is 108 Å². The molecular weight excluding hydrogens is 238 g/mol. The minimum atomic E-state index is -0.523. The van der Waals surface area contributed by atoms with E-state index in [2.05, 4.69) is 5.32 Å². The van der Waals surface area contributed by atoms with Gasteiger partial charge in [0.2, 0.25) is 0 Å². The molecule has 0 aliphatic carbocycles. The Bertz CT molecular complexity index is 332. The molecule has 1 aromatic carbocycles. The molecule has 17 heavy (non-hydrogen) atoms. The first kappa shape index (κ1) is 14.3. The zero-order valence-electron chi connectivity index (χ0n) is 10.5. The lowest BCUT2D eigenvalue weighted by Gasteiger charge is -2.22. The third-order valence-electron chi connectivity index (χ3n) is 2.09. The number of benzene rings is 1. The van der Waals surface area contributed by atoms with Gasteiger partial charge in [-0.05, 0) is 45.0 Å². The highest BCUT2D eigenvalue weighted by atomic mass is 35.5. The molecule has 0 heterocycles. The van der Waals surface area contributed by atoms with Crippen LogP contribution in [0.25, 0.3) is 0 Å². The predicted octanol–water partition coefficient (Wildman–Crippen LogP) is 2.93. The topological polar surface area (TPSA) is 41.5 Å². The number of hydrogen-bond donors (Lipinski definition) is 2. The second kappa shape index (κ2) is 6.24. The Morgan fingerprint density at radius 3 is 2.41 bits per heavy atom. The van der Waals surface area contributed by atoms with Crippen LogP contribution < -0.4 is 5.32 Å². The van der Waals surface area contributed by atoms with Crippen molar-refractivity contribution in [2.24, 2.45) is 0 Å². The van der Waals surface area contributed by atoms with E-state index in [0.29, 0.717) is 18.2 Å². The highest BCUT2D eigenvalue weighted by Gasteiger charge is 2.13. The van der Waals surface area contributed by atoms with Crippen molar-refractivity contribution in [3.63, 3.8) is 0 Å². The van der Waals surface area contributed by atoms with E-state index in [1.165, 1.54) is 0 Å². The van der Waals surface area contributed by atoms with E-state index < -0.39 is 6.10 Å². The van der Waals surface area contributed by atoms with Crippen LogP contribution in [0.2, 0.25) is 5.02 Å². The molecule has 96 valence electrons. The summed E-state index contributed by atoms with van der Waals surface area (Å²) in [6.07, 6.45) is -0.523. The van der Waals surface area contributed by atoms with E-state index in [1.54, 1.807) is 0 Å². The highest BCUT2D eigenvalue weighted by molar-refractivity contribution is 6.30. The van der Waals surface area contributed by atoms with Gasteiger partial charge < -0.3 is 15.2 Å². The number of hydrogen-bond acceptors (Lipinski definition) is 3. The molecule has 0 radical (unpaired) electrons. The normalized spacial score (nSPS) is 13.5. The molecule has 1 atom stereocenters. The van der Waals surface area contributed by atoms with Gasteiger partial charge >= 0.3 is 0 Å². The molecule has 0 saturated heterocycles. The summed E-state index contributed by atoms with van der Waals surface area (Å²) in [4.78, 5) is 0. The van der Waals surface area contributed by atoms with Gasteiger partial charge in [0, 0.05) is 17.3 Å². The van der Waals surface area contributed by atoms with Crippen molar-refractivity contribution in [1.29, 1.82) is 0 Å². The molecule has 0 bridgehead atoms. The summed E-state index contributed by atoms with van der Waals surface area (Å²) >= 11 is 5.78. The van der Waals surface area contributed by atoms with Crippen LogP contribution in [0.3, 0.4) is 0 Å². The third-order valence-corrected chi connectivity index (χ3v) is 2.35. The molecule has 4 heteroatoms. The lowest BCUT2D eigenvalue weighted by atomic mass is 10.2. The highest BCUT2D eigenvalue weighted by Crippen LogP contribution is 2.13. The Hall–Kier alpha value is -0.770. The number of ether oxygens (including phenoxy) is 1. The lowest BCUT2D eigenvalue weighted by molar-refractivity contribution is -0.0449. The van der Waals surface area contributed by atoms with Crippen LogP contribution in [0.1, 0.15) is 20.8 Å². The Morgan fingerprint density at radius 1 is 1.29 bits per heavy atom. The van der Waals surface area contributed by atoms with Crippen LogP contribution in [0, 0.1) is 0 Å². The van der Waals surface area contributed by atoms with Gasteiger partial charge in [0.05, 0.1) is 18.3 Å². The molecule has 0 saturated carbocycles. The van der Waals surface area contributed by atoms with Gasteiger partial charge in [-0.3, -0.25) is 0 Å². The molecule has 0 aromatic heterocycles. The first-order valence-electron chi connectivity index (χ1n) is 5.68. The minimum Gasteiger partial charge on any atom is -0.389 e. The molecule has 0 aliphatic rings. The van der Waals surface area contributed by atoms with Crippen molar-refractivity contribution >= 4 is 17.3 Å². The fourth-order valence-electron chi connectivity index (χ4n) is 1.21. The van der Waals surface area contributed by atoms with Gasteiger partial charge in [0.15, 0.2) is 0 Å². The van der Waals surface area contributed by atoms with Crippen molar-refractivity contribution in [2.75, 3.05) is 18.5 Å². The summed E-state index contributed by atoms with van der Waals surface area (Å²) in [5, 5.41) is 13.5. The third kappa shape index (κ3) is 6.51. The van der Waals surface area contributed by atoms with Crippen molar-refractivity contribution < 1.29 is 9.84 Å². The van der Waals surface area contributed by atoms with E-state index >= 15 is 0 Å². The summed E-state index contributed by atoms with van der Waals surface area (Å²) in [6, 6.07) is 7.36. The van der Waals surface area contributed by atoms with E-state index in [-0.39, 0.29) is 5.60 Å². The first-order valence-corrected chi connectivity index (χ1v) is 6.06. The summed E-state index contributed by atoms with van der Waals surface area (Å²) in [7, 11) is 0. The quantitative estimate of drug-likeness (QED) is 0.852. The van der Waals surface area contributed by atoms with Crippen LogP contribution in [0.4, 0.5) is 5.69 Å². The van der Waals surface area contributed by atoms with Crippen LogP contribution >= 0.6 is 11.6 Å². The average Bonchev–Trinajstić information content (AvgIpc) is 2.25. The second-order valence-electron chi connectivity index (χ2n) is 4.96. The van der Waals surface area contributed by atoms with Gasteiger partial charge in [-0.25, -0.2) is 0 Å². The van der Waals surface area contributed by atoms with Crippen molar-refractivity contribution in [3.8, 4) is 0 Å². The lowest BCUT2D eigenvalue weighted by Crippen LogP contribution is -2.30. The van der Waals surface area contributed by atoms with Crippen LogP contribution in [0.15, 0.2) is 24.3 Å². The van der Waals surface area contributed by atoms with Crippen LogP contribution in [0.5, 0.6) is 0 Å². The van der Waals surface area contributed by atoms with Crippen molar-refractivity contribution in [2.45, 2.75) is 32.5 Å². The SMILES string of the molecule is CC(C)(C)OCC(O)CNc1ccc(Cl)cc1.